The molecule has 8 nitrogen and oxygen atoms in total. The van der Waals surface area contributed by atoms with Crippen LogP contribution >= 0.6 is 23.2 Å². The number of likely N-dealkylation sites (N-methyl/N-ethyl adjacent to an activating group) is 1. The average Bonchev–Trinajstić information content (AvgIpc) is 3.18. The SMILES string of the molecule is CC1=NN(Cc2ccccc2Cl)C2NC3C(C(=O)N(Cc4ccccc4Cl)C(=O)N3C)N2C1. The number of hydrogen-bond acceptors (Lipinski definition) is 6. The van der Waals surface area contributed by atoms with Gasteiger partial charge in [-0.1, -0.05) is 59.6 Å². The summed E-state index contributed by atoms with van der Waals surface area (Å²) in [6, 6.07) is 14.0. The molecule has 3 aliphatic rings. The van der Waals surface area contributed by atoms with Gasteiger partial charge in [-0.25, -0.2) is 9.69 Å². The van der Waals surface area contributed by atoms with Crippen molar-refractivity contribution in [3.05, 3.63) is 69.7 Å². The highest BCUT2D eigenvalue weighted by Crippen LogP contribution is 2.32. The molecule has 3 amide bonds. The minimum atomic E-state index is -0.542. The van der Waals surface area contributed by atoms with E-state index in [2.05, 4.69) is 10.2 Å². The van der Waals surface area contributed by atoms with Gasteiger partial charge in [0.25, 0.3) is 5.91 Å². The first-order valence-electron chi connectivity index (χ1n) is 10.7. The molecule has 10 heteroatoms. The van der Waals surface area contributed by atoms with Crippen molar-refractivity contribution < 1.29 is 9.59 Å². The van der Waals surface area contributed by atoms with E-state index >= 15 is 0 Å². The number of hydrazone groups is 1. The van der Waals surface area contributed by atoms with Crippen LogP contribution in [0.1, 0.15) is 18.1 Å². The van der Waals surface area contributed by atoms with Crippen molar-refractivity contribution in [2.24, 2.45) is 5.10 Å². The Morgan fingerprint density at radius 2 is 1.61 bits per heavy atom. The number of halogens is 2. The van der Waals surface area contributed by atoms with Crippen LogP contribution in [0.15, 0.2) is 53.6 Å². The van der Waals surface area contributed by atoms with Crippen LogP contribution in [-0.2, 0) is 17.9 Å². The molecule has 2 fully saturated rings. The Morgan fingerprint density at radius 3 is 2.24 bits per heavy atom. The molecule has 33 heavy (non-hydrogen) atoms. The second-order valence-electron chi connectivity index (χ2n) is 8.54. The maximum Gasteiger partial charge on any atom is 0.328 e. The van der Waals surface area contributed by atoms with Crippen molar-refractivity contribution in [1.29, 1.82) is 0 Å². The molecule has 1 N–H and O–H groups in total. The topological polar surface area (TPSA) is 71.5 Å². The molecule has 3 aliphatic heterocycles. The maximum absolute atomic E-state index is 13.6. The van der Waals surface area contributed by atoms with Gasteiger partial charge in [-0.3, -0.25) is 20.0 Å². The lowest BCUT2D eigenvalue weighted by Gasteiger charge is -2.42. The molecule has 2 aromatic rings. The number of hydrogen-bond donors (Lipinski definition) is 1. The summed E-state index contributed by atoms with van der Waals surface area (Å²) in [4.78, 5) is 31.7. The van der Waals surface area contributed by atoms with Crippen molar-refractivity contribution in [2.75, 3.05) is 13.6 Å². The number of imide groups is 1. The van der Waals surface area contributed by atoms with E-state index < -0.39 is 12.2 Å². The Bertz CT molecular complexity index is 1140. The molecule has 3 unspecified atom stereocenters. The molecule has 0 bridgehead atoms. The standard InChI is InChI=1S/C23H24Cl2N6O2/c1-14-11-29-19-20(26-22(29)31(27-14)13-16-8-4-6-10-18(16)25)28(2)23(33)30(21(19)32)12-15-7-3-5-9-17(15)24/h3-10,19-20,22,26H,11-13H2,1-2H3. The van der Waals surface area contributed by atoms with Crippen LogP contribution in [0.5, 0.6) is 0 Å². The van der Waals surface area contributed by atoms with E-state index in [1.807, 2.05) is 54.4 Å². The third kappa shape index (κ3) is 3.87. The van der Waals surface area contributed by atoms with Crippen molar-refractivity contribution in [1.82, 2.24) is 25.0 Å². The summed E-state index contributed by atoms with van der Waals surface area (Å²) in [6.45, 7) is 3.05. The van der Waals surface area contributed by atoms with Crippen molar-refractivity contribution >= 4 is 40.9 Å². The Hall–Kier alpha value is -2.65. The van der Waals surface area contributed by atoms with Gasteiger partial charge in [0, 0.05) is 29.3 Å². The Kier molecular flexibility index (Phi) is 5.78. The number of nitrogens with zero attached hydrogens (tertiary/aromatic N) is 5. The second kappa shape index (κ2) is 8.61. The first-order chi connectivity index (χ1) is 15.8. The lowest BCUT2D eigenvalue weighted by molar-refractivity contribution is -0.139. The zero-order valence-electron chi connectivity index (χ0n) is 18.3. The summed E-state index contributed by atoms with van der Waals surface area (Å²) in [5, 5.41) is 11.2. The molecule has 172 valence electrons. The highest BCUT2D eigenvalue weighted by molar-refractivity contribution is 6.31. The van der Waals surface area contributed by atoms with E-state index in [1.165, 1.54) is 4.90 Å². The Balaban J connectivity index is 1.44. The number of carbonyl (C=O) groups is 2. The number of urea groups is 1. The lowest BCUT2D eigenvalue weighted by atomic mass is 10.1. The molecule has 0 aromatic heterocycles. The summed E-state index contributed by atoms with van der Waals surface area (Å²) < 4.78 is 0. The van der Waals surface area contributed by atoms with Gasteiger partial charge in [-0.15, -0.1) is 0 Å². The molecule has 0 spiro atoms. The van der Waals surface area contributed by atoms with E-state index in [-0.39, 0.29) is 24.8 Å². The van der Waals surface area contributed by atoms with Gasteiger partial charge in [0.1, 0.15) is 12.2 Å². The minimum absolute atomic E-state index is 0.125. The largest absolute Gasteiger partial charge is 0.328 e. The van der Waals surface area contributed by atoms with E-state index in [0.717, 1.165) is 16.8 Å². The Morgan fingerprint density at radius 1 is 1.00 bits per heavy atom. The van der Waals surface area contributed by atoms with E-state index in [9.17, 15) is 9.59 Å². The highest BCUT2D eigenvalue weighted by Gasteiger charge is 2.56. The number of carbonyl (C=O) groups excluding carboxylic acids is 2. The second-order valence-corrected chi connectivity index (χ2v) is 9.35. The normalized spacial score (nSPS) is 25.3. The zero-order chi connectivity index (χ0) is 23.3. The first kappa shape index (κ1) is 22.2. The molecule has 3 atom stereocenters. The summed E-state index contributed by atoms with van der Waals surface area (Å²) >= 11 is 12.7. The quantitative estimate of drug-likeness (QED) is 0.718. The average molecular weight is 487 g/mol. The fourth-order valence-corrected chi connectivity index (χ4v) is 5.11. The number of fused-ring (bicyclic) bond motifs is 3. The fraction of sp³-hybridized carbons (Fsp3) is 0.348. The summed E-state index contributed by atoms with van der Waals surface area (Å²) in [5.74, 6) is -0.245. The molecule has 2 saturated heterocycles. The molecular formula is C23H24Cl2N6O2. The Labute approximate surface area is 202 Å². The van der Waals surface area contributed by atoms with E-state index in [4.69, 9.17) is 28.3 Å². The van der Waals surface area contributed by atoms with Crippen molar-refractivity contribution in [3.8, 4) is 0 Å². The van der Waals surface area contributed by atoms with Crippen LogP contribution in [0.25, 0.3) is 0 Å². The van der Waals surface area contributed by atoms with Gasteiger partial charge in [-0.2, -0.15) is 5.10 Å². The summed E-state index contributed by atoms with van der Waals surface area (Å²) in [7, 11) is 1.71. The molecule has 3 heterocycles. The predicted molar refractivity (Wildman–Crippen MR) is 126 cm³/mol. The lowest BCUT2D eigenvalue weighted by Crippen LogP contribution is -2.66. The van der Waals surface area contributed by atoms with E-state index in [1.54, 1.807) is 18.0 Å². The summed E-state index contributed by atoms with van der Waals surface area (Å²) in [5.41, 5.74) is 2.54. The summed E-state index contributed by atoms with van der Waals surface area (Å²) in [6.07, 6.45) is -0.813. The number of benzene rings is 2. The molecule has 2 aromatic carbocycles. The smallest absolute Gasteiger partial charge is 0.310 e. The minimum Gasteiger partial charge on any atom is -0.310 e. The van der Waals surface area contributed by atoms with Gasteiger partial charge in [-0.05, 0) is 30.2 Å². The maximum atomic E-state index is 13.6. The van der Waals surface area contributed by atoms with Crippen LogP contribution < -0.4 is 5.32 Å². The zero-order valence-corrected chi connectivity index (χ0v) is 19.8. The van der Waals surface area contributed by atoms with Gasteiger partial charge >= 0.3 is 6.03 Å². The number of amides is 3. The van der Waals surface area contributed by atoms with Crippen LogP contribution in [0.3, 0.4) is 0 Å². The van der Waals surface area contributed by atoms with Gasteiger partial charge in [0.05, 0.1) is 13.1 Å². The molecule has 0 radical (unpaired) electrons. The third-order valence-corrected chi connectivity index (χ3v) is 7.07. The van der Waals surface area contributed by atoms with Gasteiger partial charge in [0.2, 0.25) is 0 Å². The van der Waals surface area contributed by atoms with Gasteiger partial charge in [0.15, 0.2) is 6.29 Å². The van der Waals surface area contributed by atoms with Crippen LogP contribution in [0.4, 0.5) is 4.79 Å². The molecule has 0 aliphatic carbocycles. The number of rotatable bonds is 4. The van der Waals surface area contributed by atoms with Crippen LogP contribution in [0, 0.1) is 0 Å². The monoisotopic (exact) mass is 486 g/mol. The molecular weight excluding hydrogens is 463 g/mol. The van der Waals surface area contributed by atoms with Crippen molar-refractivity contribution in [2.45, 2.75) is 38.5 Å². The van der Waals surface area contributed by atoms with Crippen molar-refractivity contribution in [3.63, 3.8) is 0 Å². The van der Waals surface area contributed by atoms with E-state index in [0.29, 0.717) is 23.1 Å². The number of nitrogens with one attached hydrogen (secondary N) is 1. The van der Waals surface area contributed by atoms with Gasteiger partial charge < -0.3 is 4.90 Å². The first-order valence-corrected chi connectivity index (χ1v) is 11.5. The third-order valence-electron chi connectivity index (χ3n) is 6.33. The molecule has 5 rings (SSSR count). The van der Waals surface area contributed by atoms with Crippen LogP contribution in [0.2, 0.25) is 10.0 Å². The molecule has 0 saturated carbocycles. The predicted octanol–water partition coefficient (Wildman–Crippen LogP) is 3.16. The highest BCUT2D eigenvalue weighted by atomic mass is 35.5. The van der Waals surface area contributed by atoms with Crippen LogP contribution in [-0.4, -0.2) is 69.4 Å². The fourth-order valence-electron chi connectivity index (χ4n) is 4.71.